The Kier molecular flexibility index (Phi) is 10.7. The lowest BCUT2D eigenvalue weighted by atomic mass is 10.1. The van der Waals surface area contributed by atoms with Crippen LogP contribution in [0.4, 0.5) is 0 Å². The van der Waals surface area contributed by atoms with Crippen molar-refractivity contribution in [2.45, 2.75) is 71.9 Å². The summed E-state index contributed by atoms with van der Waals surface area (Å²) in [6.07, 6.45) is 8.76. The monoisotopic (exact) mass is 334 g/mol. The van der Waals surface area contributed by atoms with Crippen LogP contribution < -0.4 is 16.2 Å². The van der Waals surface area contributed by atoms with Crippen molar-refractivity contribution >= 4 is 5.96 Å². The zero-order valence-corrected chi connectivity index (χ0v) is 15.6. The van der Waals surface area contributed by atoms with E-state index >= 15 is 0 Å². The molecule has 2 N–H and O–H groups in total. The standard InChI is InChI=1S/C19H34N4O/c1-4-6-7-12-17(3)22-19(20-5-2)21-14-9-11-16-23-15-10-8-13-18(23)24/h8,10,13,15,17H,4-7,9,11-12,14,16H2,1-3H3,(H2,20,21,22). The zero-order chi connectivity index (χ0) is 17.6. The number of hydrogen-bond donors (Lipinski definition) is 2. The van der Waals surface area contributed by atoms with E-state index in [1.165, 1.54) is 25.7 Å². The van der Waals surface area contributed by atoms with Gasteiger partial charge in [-0.1, -0.05) is 32.3 Å². The number of nitrogens with one attached hydrogen (secondary N) is 2. The summed E-state index contributed by atoms with van der Waals surface area (Å²) in [5.41, 5.74) is 0.0666. The molecule has 5 nitrogen and oxygen atoms in total. The molecule has 0 bridgehead atoms. The van der Waals surface area contributed by atoms with Gasteiger partial charge in [-0.3, -0.25) is 9.79 Å². The molecule has 1 heterocycles. The molecule has 0 fully saturated rings. The molecule has 0 spiro atoms. The third kappa shape index (κ3) is 8.75. The Bertz CT molecular complexity index is 524. The number of aliphatic imine (C=N–C) groups is 1. The van der Waals surface area contributed by atoms with Crippen LogP contribution in [0.15, 0.2) is 34.2 Å². The molecule has 0 aliphatic rings. The average molecular weight is 335 g/mol. The van der Waals surface area contributed by atoms with Gasteiger partial charge in [0.2, 0.25) is 5.56 Å². The van der Waals surface area contributed by atoms with Crippen molar-refractivity contribution in [1.29, 1.82) is 0 Å². The van der Waals surface area contributed by atoms with Crippen LogP contribution in [0, 0.1) is 0 Å². The minimum Gasteiger partial charge on any atom is -0.357 e. The second-order valence-electron chi connectivity index (χ2n) is 6.24. The molecule has 1 aromatic rings. The number of unbranched alkanes of at least 4 members (excludes halogenated alkanes) is 3. The van der Waals surface area contributed by atoms with E-state index in [2.05, 4.69) is 36.4 Å². The molecule has 24 heavy (non-hydrogen) atoms. The van der Waals surface area contributed by atoms with Crippen LogP contribution in [0.1, 0.15) is 59.3 Å². The minimum absolute atomic E-state index is 0.0666. The van der Waals surface area contributed by atoms with Crippen molar-refractivity contribution < 1.29 is 0 Å². The summed E-state index contributed by atoms with van der Waals surface area (Å²) in [6, 6.07) is 5.72. The van der Waals surface area contributed by atoms with Crippen LogP contribution >= 0.6 is 0 Å². The Balaban J connectivity index is 2.31. The van der Waals surface area contributed by atoms with E-state index in [9.17, 15) is 4.79 Å². The fourth-order valence-corrected chi connectivity index (χ4v) is 2.56. The van der Waals surface area contributed by atoms with Crippen LogP contribution in [-0.4, -0.2) is 29.7 Å². The van der Waals surface area contributed by atoms with Gasteiger partial charge in [0.1, 0.15) is 0 Å². The molecule has 1 aromatic heterocycles. The van der Waals surface area contributed by atoms with Crippen molar-refractivity contribution in [3.05, 3.63) is 34.7 Å². The third-order valence-electron chi connectivity index (χ3n) is 3.94. The van der Waals surface area contributed by atoms with Crippen LogP contribution in [0.2, 0.25) is 0 Å². The maximum atomic E-state index is 11.6. The molecule has 1 atom stereocenters. The Hall–Kier alpha value is -1.78. The topological polar surface area (TPSA) is 58.4 Å². The summed E-state index contributed by atoms with van der Waals surface area (Å²) < 4.78 is 1.75. The highest BCUT2D eigenvalue weighted by molar-refractivity contribution is 5.79. The van der Waals surface area contributed by atoms with Crippen molar-refractivity contribution in [3.8, 4) is 0 Å². The Labute approximate surface area is 146 Å². The highest BCUT2D eigenvalue weighted by atomic mass is 16.1. The average Bonchev–Trinajstić information content (AvgIpc) is 2.56. The van der Waals surface area contributed by atoms with Gasteiger partial charge in [-0.05, 0) is 39.2 Å². The fourth-order valence-electron chi connectivity index (χ4n) is 2.56. The van der Waals surface area contributed by atoms with Gasteiger partial charge in [-0.2, -0.15) is 0 Å². The molecule has 0 saturated carbocycles. The number of aryl methyl sites for hydroxylation is 1. The maximum Gasteiger partial charge on any atom is 0.250 e. The predicted octanol–water partition coefficient (Wildman–Crippen LogP) is 3.15. The van der Waals surface area contributed by atoms with E-state index in [4.69, 9.17) is 0 Å². The molecule has 0 amide bonds. The number of aromatic nitrogens is 1. The zero-order valence-electron chi connectivity index (χ0n) is 15.6. The number of nitrogens with zero attached hydrogens (tertiary/aromatic N) is 2. The smallest absolute Gasteiger partial charge is 0.250 e. The first kappa shape index (κ1) is 20.3. The first-order valence-electron chi connectivity index (χ1n) is 9.37. The van der Waals surface area contributed by atoms with Crippen molar-refractivity contribution in [2.75, 3.05) is 13.1 Å². The van der Waals surface area contributed by atoms with Crippen molar-refractivity contribution in [2.24, 2.45) is 4.99 Å². The Morgan fingerprint density at radius 3 is 2.75 bits per heavy atom. The van der Waals surface area contributed by atoms with Gasteiger partial charge >= 0.3 is 0 Å². The van der Waals surface area contributed by atoms with E-state index in [0.29, 0.717) is 6.04 Å². The van der Waals surface area contributed by atoms with Crippen LogP contribution in [0.25, 0.3) is 0 Å². The number of hydrogen-bond acceptors (Lipinski definition) is 2. The summed E-state index contributed by atoms with van der Waals surface area (Å²) in [6.45, 7) is 8.93. The van der Waals surface area contributed by atoms with E-state index in [1.54, 1.807) is 16.7 Å². The summed E-state index contributed by atoms with van der Waals surface area (Å²) >= 11 is 0. The lowest BCUT2D eigenvalue weighted by molar-refractivity contribution is 0.545. The number of rotatable bonds is 11. The maximum absolute atomic E-state index is 11.6. The van der Waals surface area contributed by atoms with Crippen molar-refractivity contribution in [1.82, 2.24) is 15.2 Å². The Morgan fingerprint density at radius 1 is 1.21 bits per heavy atom. The van der Waals surface area contributed by atoms with Gasteiger partial charge in [-0.25, -0.2) is 0 Å². The third-order valence-corrected chi connectivity index (χ3v) is 3.94. The van der Waals surface area contributed by atoms with Gasteiger partial charge in [0.25, 0.3) is 0 Å². The highest BCUT2D eigenvalue weighted by Gasteiger charge is 2.04. The minimum atomic E-state index is 0.0666. The first-order chi connectivity index (χ1) is 11.7. The summed E-state index contributed by atoms with van der Waals surface area (Å²) in [7, 11) is 0. The van der Waals surface area contributed by atoms with E-state index in [-0.39, 0.29) is 5.56 Å². The SMILES string of the molecule is CCCCCC(C)NC(=NCCCCn1ccccc1=O)NCC. The predicted molar refractivity (Wildman–Crippen MR) is 103 cm³/mol. The van der Waals surface area contributed by atoms with Gasteiger partial charge < -0.3 is 15.2 Å². The Morgan fingerprint density at radius 2 is 2.04 bits per heavy atom. The van der Waals surface area contributed by atoms with Gasteiger partial charge in [0.15, 0.2) is 5.96 Å². The first-order valence-corrected chi connectivity index (χ1v) is 9.37. The molecule has 0 radical (unpaired) electrons. The summed E-state index contributed by atoms with van der Waals surface area (Å²) in [5.74, 6) is 0.901. The van der Waals surface area contributed by atoms with E-state index in [0.717, 1.165) is 38.4 Å². The molecule has 0 aromatic carbocycles. The number of pyridine rings is 1. The van der Waals surface area contributed by atoms with Crippen LogP contribution in [-0.2, 0) is 6.54 Å². The van der Waals surface area contributed by atoms with Crippen LogP contribution in [0.5, 0.6) is 0 Å². The molecule has 136 valence electrons. The molecule has 0 saturated heterocycles. The molecular weight excluding hydrogens is 300 g/mol. The molecule has 0 aliphatic carbocycles. The lowest BCUT2D eigenvalue weighted by Gasteiger charge is -2.17. The largest absolute Gasteiger partial charge is 0.357 e. The normalized spacial score (nSPS) is 12.9. The quantitative estimate of drug-likeness (QED) is 0.371. The second kappa shape index (κ2) is 12.6. The lowest BCUT2D eigenvalue weighted by Crippen LogP contribution is -2.42. The summed E-state index contributed by atoms with van der Waals surface area (Å²) in [4.78, 5) is 16.3. The summed E-state index contributed by atoms with van der Waals surface area (Å²) in [5, 5.41) is 6.78. The fraction of sp³-hybridized carbons (Fsp3) is 0.684. The molecular formula is C19H34N4O. The van der Waals surface area contributed by atoms with Gasteiger partial charge in [-0.15, -0.1) is 0 Å². The molecule has 1 unspecified atom stereocenters. The van der Waals surface area contributed by atoms with Crippen LogP contribution in [0.3, 0.4) is 0 Å². The van der Waals surface area contributed by atoms with Gasteiger partial charge in [0.05, 0.1) is 0 Å². The van der Waals surface area contributed by atoms with E-state index in [1.807, 2.05) is 12.3 Å². The second-order valence-corrected chi connectivity index (χ2v) is 6.24. The molecule has 0 aliphatic heterocycles. The number of guanidine groups is 1. The molecule has 1 rings (SSSR count). The van der Waals surface area contributed by atoms with Gasteiger partial charge in [0, 0.05) is 37.9 Å². The van der Waals surface area contributed by atoms with E-state index < -0.39 is 0 Å². The highest BCUT2D eigenvalue weighted by Crippen LogP contribution is 2.02. The van der Waals surface area contributed by atoms with Crippen molar-refractivity contribution in [3.63, 3.8) is 0 Å². The molecule has 5 heteroatoms.